The first-order chi connectivity index (χ1) is 16.4. The number of hydrazone groups is 1. The molecule has 0 bridgehead atoms. The maximum Gasteiger partial charge on any atom is 0.271 e. The van der Waals surface area contributed by atoms with Gasteiger partial charge in [-0.2, -0.15) is 5.10 Å². The van der Waals surface area contributed by atoms with Gasteiger partial charge in [0, 0.05) is 22.7 Å². The lowest BCUT2D eigenvalue weighted by Crippen LogP contribution is -2.26. The maximum absolute atomic E-state index is 13.0. The smallest absolute Gasteiger partial charge is 0.271 e. The van der Waals surface area contributed by atoms with Crippen molar-refractivity contribution in [2.45, 2.75) is 40.2 Å². The molecule has 5 nitrogen and oxygen atoms in total. The monoisotopic (exact) mass is 451 g/mol. The van der Waals surface area contributed by atoms with Gasteiger partial charge in [-0.05, 0) is 74.9 Å². The molecular weight excluding hydrogens is 422 g/mol. The van der Waals surface area contributed by atoms with Crippen LogP contribution in [0.1, 0.15) is 59.9 Å². The zero-order chi connectivity index (χ0) is 24.1. The molecule has 1 aliphatic heterocycles. The molecule has 4 rings (SSSR count). The van der Waals surface area contributed by atoms with Crippen LogP contribution in [0.25, 0.3) is 10.8 Å². The number of allylic oxidation sites excluding steroid dienone is 4. The fourth-order valence-corrected chi connectivity index (χ4v) is 4.08. The molecule has 0 fully saturated rings. The van der Waals surface area contributed by atoms with E-state index in [0.29, 0.717) is 12.1 Å². The fourth-order valence-electron chi connectivity index (χ4n) is 4.08. The summed E-state index contributed by atoms with van der Waals surface area (Å²) < 4.78 is 0. The number of rotatable bonds is 8. The highest BCUT2D eigenvalue weighted by Crippen LogP contribution is 2.37. The van der Waals surface area contributed by atoms with Crippen LogP contribution in [0, 0.1) is 0 Å². The third-order valence-corrected chi connectivity index (χ3v) is 5.90. The number of anilines is 1. The van der Waals surface area contributed by atoms with Crippen molar-refractivity contribution in [3.63, 3.8) is 0 Å². The normalized spacial score (nSPS) is 13.1. The van der Waals surface area contributed by atoms with Crippen LogP contribution in [0.3, 0.4) is 0 Å². The molecule has 3 aromatic rings. The van der Waals surface area contributed by atoms with E-state index in [2.05, 4.69) is 37.4 Å². The van der Waals surface area contributed by atoms with Crippen LogP contribution >= 0.6 is 0 Å². The van der Waals surface area contributed by atoms with Gasteiger partial charge in [-0.25, -0.2) is 5.43 Å². The van der Waals surface area contributed by atoms with Gasteiger partial charge >= 0.3 is 0 Å². The van der Waals surface area contributed by atoms with Gasteiger partial charge in [0.25, 0.3) is 11.8 Å². The van der Waals surface area contributed by atoms with Gasteiger partial charge < -0.3 is 4.90 Å². The first-order valence-electron chi connectivity index (χ1n) is 11.5. The first kappa shape index (κ1) is 23.2. The Morgan fingerprint density at radius 3 is 2.47 bits per heavy atom. The zero-order valence-electron chi connectivity index (χ0n) is 19.8. The molecule has 1 heterocycles. The molecule has 1 aliphatic rings. The molecular formula is C29H29N3O2. The average Bonchev–Trinajstić information content (AvgIpc) is 3.10. The second-order valence-corrected chi connectivity index (χ2v) is 8.82. The Hall–Kier alpha value is -3.99. The lowest BCUT2D eigenvalue weighted by atomic mass is 10.1. The Bertz CT molecular complexity index is 1310. The predicted octanol–water partition coefficient (Wildman–Crippen LogP) is 6.41. The number of hydrogen-bond donors (Lipinski definition) is 1. The van der Waals surface area contributed by atoms with Crippen LogP contribution in [0.4, 0.5) is 5.69 Å². The summed E-state index contributed by atoms with van der Waals surface area (Å²) in [5.41, 5.74) is 8.22. The van der Waals surface area contributed by atoms with E-state index in [1.807, 2.05) is 54.6 Å². The molecule has 0 unspecified atom stereocenters. The van der Waals surface area contributed by atoms with Crippen molar-refractivity contribution in [3.8, 4) is 0 Å². The molecule has 34 heavy (non-hydrogen) atoms. The Kier molecular flexibility index (Phi) is 7.02. The quantitative estimate of drug-likeness (QED) is 0.244. The summed E-state index contributed by atoms with van der Waals surface area (Å²) in [7, 11) is 0. The fraction of sp³-hybridized carbons (Fsp3) is 0.207. The molecule has 2 amide bonds. The van der Waals surface area contributed by atoms with Gasteiger partial charge in [0.2, 0.25) is 0 Å². The second-order valence-electron chi connectivity index (χ2n) is 8.82. The van der Waals surface area contributed by atoms with E-state index >= 15 is 0 Å². The molecule has 0 saturated heterocycles. The van der Waals surface area contributed by atoms with Crippen LogP contribution in [-0.2, 0) is 6.54 Å². The minimum Gasteiger partial charge on any atom is -0.303 e. The zero-order valence-corrected chi connectivity index (χ0v) is 19.8. The summed E-state index contributed by atoms with van der Waals surface area (Å²) in [6.07, 6.45) is 7.70. The summed E-state index contributed by atoms with van der Waals surface area (Å²) in [6.45, 7) is 6.68. The lowest BCUT2D eigenvalue weighted by molar-refractivity contribution is 0.0953. The molecule has 0 saturated carbocycles. The van der Waals surface area contributed by atoms with E-state index in [1.54, 1.807) is 23.2 Å². The maximum atomic E-state index is 13.0. The molecule has 0 atom stereocenters. The third kappa shape index (κ3) is 5.15. The van der Waals surface area contributed by atoms with E-state index in [0.717, 1.165) is 40.4 Å². The first-order valence-corrected chi connectivity index (χ1v) is 11.5. The van der Waals surface area contributed by atoms with Crippen LogP contribution < -0.4 is 10.3 Å². The number of carbonyl (C=O) groups is 2. The topological polar surface area (TPSA) is 61.8 Å². The van der Waals surface area contributed by atoms with Crippen LogP contribution in [0.2, 0.25) is 0 Å². The molecule has 0 aromatic heterocycles. The number of benzene rings is 3. The van der Waals surface area contributed by atoms with Crippen molar-refractivity contribution in [1.82, 2.24) is 5.43 Å². The van der Waals surface area contributed by atoms with E-state index < -0.39 is 0 Å². The van der Waals surface area contributed by atoms with Crippen molar-refractivity contribution in [3.05, 3.63) is 101 Å². The number of carbonyl (C=O) groups excluding carboxylic acids is 2. The molecule has 172 valence electrons. The van der Waals surface area contributed by atoms with Gasteiger partial charge in [0.05, 0.1) is 12.2 Å². The summed E-state index contributed by atoms with van der Waals surface area (Å²) in [4.78, 5) is 27.2. The van der Waals surface area contributed by atoms with E-state index in [9.17, 15) is 9.59 Å². The van der Waals surface area contributed by atoms with Gasteiger partial charge in [-0.15, -0.1) is 0 Å². The SMILES string of the molecule is CC(C)=CCC/C(C)=C/C=N\NC(=O)c1ccc(CN2C(=O)c3cccc4cccc2c34)cc1. The molecule has 3 aromatic carbocycles. The van der Waals surface area contributed by atoms with E-state index in [1.165, 1.54) is 11.1 Å². The van der Waals surface area contributed by atoms with Crippen molar-refractivity contribution < 1.29 is 9.59 Å². The number of hydrogen-bond acceptors (Lipinski definition) is 3. The third-order valence-electron chi connectivity index (χ3n) is 5.90. The molecule has 0 spiro atoms. The highest BCUT2D eigenvalue weighted by Gasteiger charge is 2.29. The standard InChI is InChI=1S/C29H29N3O2/c1-20(2)7-4-8-21(3)17-18-30-31-28(33)24-15-13-22(14-16-24)19-32-26-12-6-10-23-9-5-11-25(27(23)26)29(32)34/h5-7,9-18H,4,8,19H2,1-3H3,(H,31,33)/b21-17+,30-18-. The highest BCUT2D eigenvalue weighted by atomic mass is 16.2. The van der Waals surface area contributed by atoms with E-state index in [-0.39, 0.29) is 11.8 Å². The van der Waals surface area contributed by atoms with Crippen LogP contribution in [-0.4, -0.2) is 18.0 Å². The minimum atomic E-state index is -0.271. The van der Waals surface area contributed by atoms with Gasteiger partial charge in [0.15, 0.2) is 0 Å². The minimum absolute atomic E-state index is 0.00663. The van der Waals surface area contributed by atoms with Crippen LogP contribution in [0.5, 0.6) is 0 Å². The van der Waals surface area contributed by atoms with Crippen molar-refractivity contribution in [2.75, 3.05) is 4.90 Å². The Morgan fingerprint density at radius 1 is 1.00 bits per heavy atom. The van der Waals surface area contributed by atoms with Crippen molar-refractivity contribution in [2.24, 2.45) is 5.10 Å². The Labute approximate surface area is 200 Å². The molecule has 0 aliphatic carbocycles. The summed E-state index contributed by atoms with van der Waals surface area (Å²) in [5.74, 6) is -0.264. The van der Waals surface area contributed by atoms with Gasteiger partial charge in [0.1, 0.15) is 0 Å². The number of nitrogens with one attached hydrogen (secondary N) is 1. The summed E-state index contributed by atoms with van der Waals surface area (Å²) >= 11 is 0. The lowest BCUT2D eigenvalue weighted by Gasteiger charge is -2.18. The summed E-state index contributed by atoms with van der Waals surface area (Å²) in [5, 5.41) is 6.09. The highest BCUT2D eigenvalue weighted by molar-refractivity contribution is 6.24. The van der Waals surface area contributed by atoms with Gasteiger partial charge in [-0.1, -0.05) is 53.6 Å². The Balaban J connectivity index is 1.36. The van der Waals surface area contributed by atoms with Crippen molar-refractivity contribution in [1.29, 1.82) is 0 Å². The summed E-state index contributed by atoms with van der Waals surface area (Å²) in [6, 6.07) is 19.1. The molecule has 0 radical (unpaired) electrons. The number of nitrogens with zero attached hydrogens (tertiary/aromatic N) is 2. The molecule has 5 heteroatoms. The molecule has 1 N–H and O–H groups in total. The van der Waals surface area contributed by atoms with E-state index in [4.69, 9.17) is 0 Å². The largest absolute Gasteiger partial charge is 0.303 e. The van der Waals surface area contributed by atoms with Gasteiger partial charge in [-0.3, -0.25) is 9.59 Å². The Morgan fingerprint density at radius 2 is 1.74 bits per heavy atom. The number of amides is 2. The average molecular weight is 452 g/mol. The van der Waals surface area contributed by atoms with Crippen LogP contribution in [0.15, 0.2) is 89.1 Å². The van der Waals surface area contributed by atoms with Crippen molar-refractivity contribution >= 4 is 34.5 Å². The predicted molar refractivity (Wildman–Crippen MR) is 139 cm³/mol. The second kappa shape index (κ2) is 10.3.